The number of nitrogens with one attached hydrogen (secondary N) is 2. The van der Waals surface area contributed by atoms with E-state index in [9.17, 15) is 4.79 Å². The van der Waals surface area contributed by atoms with Crippen molar-refractivity contribution in [3.63, 3.8) is 0 Å². The van der Waals surface area contributed by atoms with Crippen molar-refractivity contribution in [1.29, 1.82) is 0 Å². The third-order valence-corrected chi connectivity index (χ3v) is 5.86. The summed E-state index contributed by atoms with van der Waals surface area (Å²) in [7, 11) is 1.39. The molecular weight excluding hydrogens is 376 g/mol. The quantitative estimate of drug-likeness (QED) is 0.414. The Morgan fingerprint density at radius 2 is 2.00 bits per heavy atom. The van der Waals surface area contributed by atoms with E-state index < -0.39 is 0 Å². The van der Waals surface area contributed by atoms with Crippen molar-refractivity contribution < 1.29 is 9.53 Å². The zero-order valence-corrected chi connectivity index (χ0v) is 17.8. The minimum Gasteiger partial charge on any atom is -0.465 e. The van der Waals surface area contributed by atoms with E-state index in [1.165, 1.54) is 37.7 Å². The van der Waals surface area contributed by atoms with Gasteiger partial charge in [0.05, 0.1) is 12.7 Å². The van der Waals surface area contributed by atoms with E-state index in [-0.39, 0.29) is 5.97 Å². The normalized spacial score (nSPS) is 11.7. The lowest BCUT2D eigenvalue weighted by Crippen LogP contribution is -2.32. The minimum absolute atomic E-state index is 0.367. The van der Waals surface area contributed by atoms with Crippen LogP contribution in [0.5, 0.6) is 0 Å². The smallest absolute Gasteiger partial charge is 0.340 e. The highest BCUT2D eigenvalue weighted by Crippen LogP contribution is 2.35. The molecule has 6 heteroatoms. The van der Waals surface area contributed by atoms with Crippen molar-refractivity contribution in [3.8, 4) is 10.4 Å². The fourth-order valence-electron chi connectivity index (χ4n) is 2.82. The molecule has 0 bridgehead atoms. The highest BCUT2D eigenvalue weighted by molar-refractivity contribution is 7.80. The van der Waals surface area contributed by atoms with Crippen LogP contribution in [0.3, 0.4) is 0 Å². The molecule has 2 N–H and O–H groups in total. The largest absolute Gasteiger partial charge is 0.465 e. The van der Waals surface area contributed by atoms with Crippen LogP contribution >= 0.6 is 23.6 Å². The Hall–Kier alpha value is -1.92. The fourth-order valence-corrected chi connectivity index (χ4v) is 4.12. The topological polar surface area (TPSA) is 50.4 Å². The molecule has 0 fully saturated rings. The third kappa shape index (κ3) is 6.33. The van der Waals surface area contributed by atoms with Crippen LogP contribution in [0.4, 0.5) is 5.00 Å². The Morgan fingerprint density at radius 1 is 1.26 bits per heavy atom. The number of benzene rings is 1. The van der Waals surface area contributed by atoms with Crippen LogP contribution in [0.25, 0.3) is 10.4 Å². The molecule has 0 aliphatic rings. The fraction of sp³-hybridized carbons (Fsp3) is 0.429. The molecule has 1 aromatic heterocycles. The molecular formula is C21H28N2O2S2. The van der Waals surface area contributed by atoms with Crippen LogP contribution in [0, 0.1) is 5.92 Å². The number of ether oxygens (including phenoxy) is 1. The molecule has 0 spiro atoms. The van der Waals surface area contributed by atoms with Crippen molar-refractivity contribution in [2.75, 3.05) is 19.0 Å². The Bertz CT molecular complexity index is 744. The van der Waals surface area contributed by atoms with Crippen molar-refractivity contribution in [1.82, 2.24) is 5.32 Å². The van der Waals surface area contributed by atoms with Crippen LogP contribution in [0.15, 0.2) is 36.4 Å². The molecule has 146 valence electrons. The van der Waals surface area contributed by atoms with Crippen LogP contribution < -0.4 is 10.6 Å². The first-order valence-electron chi connectivity index (χ1n) is 9.41. The molecule has 0 saturated carbocycles. The number of carbonyl (C=O) groups excluding carboxylic acids is 1. The molecule has 1 unspecified atom stereocenters. The van der Waals surface area contributed by atoms with Gasteiger partial charge in [-0.05, 0) is 36.2 Å². The van der Waals surface area contributed by atoms with Gasteiger partial charge in [0, 0.05) is 11.4 Å². The highest BCUT2D eigenvalue weighted by atomic mass is 32.1. The van der Waals surface area contributed by atoms with Gasteiger partial charge in [0.2, 0.25) is 0 Å². The molecule has 2 aromatic rings. The van der Waals surface area contributed by atoms with E-state index >= 15 is 0 Å². The van der Waals surface area contributed by atoms with Crippen LogP contribution in [0.2, 0.25) is 0 Å². The number of carbonyl (C=O) groups is 1. The van der Waals surface area contributed by atoms with Gasteiger partial charge < -0.3 is 15.4 Å². The Kier molecular flexibility index (Phi) is 8.75. The van der Waals surface area contributed by atoms with E-state index in [1.54, 1.807) is 0 Å². The van der Waals surface area contributed by atoms with Crippen molar-refractivity contribution >= 4 is 39.6 Å². The first-order valence-corrected chi connectivity index (χ1v) is 10.6. The summed E-state index contributed by atoms with van der Waals surface area (Å²) < 4.78 is 4.93. The molecule has 4 nitrogen and oxygen atoms in total. The number of unbranched alkanes of at least 4 members (excludes halogenated alkanes) is 1. The zero-order chi connectivity index (χ0) is 19.6. The summed E-state index contributed by atoms with van der Waals surface area (Å²) in [5.74, 6) is 0.237. The molecule has 0 radical (unpaired) electrons. The lowest BCUT2D eigenvalue weighted by atomic mass is 9.99. The van der Waals surface area contributed by atoms with Crippen LogP contribution in [-0.2, 0) is 4.74 Å². The number of rotatable bonds is 9. The average Bonchev–Trinajstić information content (AvgIpc) is 3.12. The number of hydrogen-bond donors (Lipinski definition) is 2. The summed E-state index contributed by atoms with van der Waals surface area (Å²) in [6.07, 6.45) is 4.77. The van der Waals surface area contributed by atoms with Gasteiger partial charge >= 0.3 is 5.97 Å². The van der Waals surface area contributed by atoms with E-state index in [0.29, 0.717) is 21.6 Å². The summed E-state index contributed by atoms with van der Waals surface area (Å²) in [5, 5.41) is 7.74. The zero-order valence-electron chi connectivity index (χ0n) is 16.2. The van der Waals surface area contributed by atoms with E-state index in [2.05, 4.69) is 24.5 Å². The number of methoxy groups -OCH3 is 1. The molecule has 1 heterocycles. The van der Waals surface area contributed by atoms with Crippen molar-refractivity contribution in [2.45, 2.75) is 39.5 Å². The predicted octanol–water partition coefficient (Wildman–Crippen LogP) is 5.70. The second-order valence-electron chi connectivity index (χ2n) is 6.46. The Labute approximate surface area is 171 Å². The number of thiophene rings is 1. The maximum Gasteiger partial charge on any atom is 0.340 e. The first kappa shape index (κ1) is 21.4. The second-order valence-corrected chi connectivity index (χ2v) is 7.92. The number of hydrogen-bond acceptors (Lipinski definition) is 4. The van der Waals surface area contributed by atoms with Crippen molar-refractivity contribution in [2.24, 2.45) is 5.92 Å². The van der Waals surface area contributed by atoms with Gasteiger partial charge in [-0.2, -0.15) is 0 Å². The van der Waals surface area contributed by atoms with Crippen LogP contribution in [-0.4, -0.2) is 24.7 Å². The number of anilines is 1. The molecule has 27 heavy (non-hydrogen) atoms. The van der Waals surface area contributed by atoms with Gasteiger partial charge in [-0.1, -0.05) is 63.4 Å². The molecule has 2 rings (SSSR count). The molecule has 0 saturated heterocycles. The minimum atomic E-state index is -0.367. The summed E-state index contributed by atoms with van der Waals surface area (Å²) in [4.78, 5) is 13.2. The highest BCUT2D eigenvalue weighted by Gasteiger charge is 2.18. The Morgan fingerprint density at radius 3 is 2.63 bits per heavy atom. The van der Waals surface area contributed by atoms with Gasteiger partial charge in [-0.15, -0.1) is 11.3 Å². The lowest BCUT2D eigenvalue weighted by Gasteiger charge is -2.17. The third-order valence-electron chi connectivity index (χ3n) is 4.52. The van der Waals surface area contributed by atoms with Gasteiger partial charge in [0.15, 0.2) is 5.11 Å². The summed E-state index contributed by atoms with van der Waals surface area (Å²) in [5.41, 5.74) is 1.56. The predicted molar refractivity (Wildman–Crippen MR) is 119 cm³/mol. The van der Waals surface area contributed by atoms with Crippen LogP contribution in [0.1, 0.15) is 49.9 Å². The first-order chi connectivity index (χ1) is 13.1. The molecule has 0 amide bonds. The van der Waals surface area contributed by atoms with E-state index in [1.807, 2.05) is 36.4 Å². The van der Waals surface area contributed by atoms with E-state index in [0.717, 1.165) is 23.4 Å². The van der Waals surface area contributed by atoms with Gasteiger partial charge in [0.1, 0.15) is 5.00 Å². The maximum absolute atomic E-state index is 12.2. The number of esters is 1. The summed E-state index contributed by atoms with van der Waals surface area (Å²) >= 11 is 6.95. The summed E-state index contributed by atoms with van der Waals surface area (Å²) in [6, 6.07) is 11.8. The lowest BCUT2D eigenvalue weighted by molar-refractivity contribution is 0.0602. The monoisotopic (exact) mass is 404 g/mol. The number of thiocarbonyl (C=S) groups is 1. The second kappa shape index (κ2) is 11.0. The Balaban J connectivity index is 2.08. The van der Waals surface area contributed by atoms with Gasteiger partial charge in [0.25, 0.3) is 0 Å². The van der Waals surface area contributed by atoms with Gasteiger partial charge in [-0.3, -0.25) is 0 Å². The SMILES string of the molecule is CCCCC(CC)CNC(=S)Nc1sc(-c2ccccc2)cc1C(=O)OC. The van der Waals surface area contributed by atoms with Gasteiger partial charge in [-0.25, -0.2) is 4.79 Å². The maximum atomic E-state index is 12.2. The standard InChI is InChI=1S/C21H28N2O2S2/c1-4-6-10-15(5-2)14-22-21(26)23-19-17(20(24)25-3)13-18(27-19)16-11-8-7-9-12-16/h7-9,11-13,15H,4-6,10,14H2,1-3H3,(H2,22,23,26). The molecule has 0 aliphatic heterocycles. The van der Waals surface area contributed by atoms with Crippen molar-refractivity contribution in [3.05, 3.63) is 42.0 Å². The average molecular weight is 405 g/mol. The molecule has 0 aliphatic carbocycles. The molecule has 1 atom stereocenters. The summed E-state index contributed by atoms with van der Waals surface area (Å²) in [6.45, 7) is 5.26. The molecule has 1 aromatic carbocycles. The van der Waals surface area contributed by atoms with E-state index in [4.69, 9.17) is 17.0 Å².